The van der Waals surface area contributed by atoms with Crippen LogP contribution >= 0.6 is 8.60 Å². The van der Waals surface area contributed by atoms with Crippen LogP contribution in [-0.4, -0.2) is 6.61 Å². The van der Waals surface area contributed by atoms with E-state index in [9.17, 15) is 0 Å². The second-order valence-corrected chi connectivity index (χ2v) is 7.76. The normalized spacial score (nSPS) is 10.9. The van der Waals surface area contributed by atoms with Gasteiger partial charge in [0.2, 0.25) is 0 Å². The number of unbranched alkanes of at least 4 members (excludes halogenated alkanes) is 8. The number of hydrogen-bond donors (Lipinski definition) is 0. The van der Waals surface area contributed by atoms with Crippen molar-refractivity contribution in [3.8, 4) is 11.5 Å². The molecule has 0 aromatic heterocycles. The summed E-state index contributed by atoms with van der Waals surface area (Å²) in [6, 6.07) is 19.4. The van der Waals surface area contributed by atoms with Gasteiger partial charge in [0.15, 0.2) is 0 Å². The van der Waals surface area contributed by atoms with Gasteiger partial charge in [-0.05, 0) is 30.7 Å². The van der Waals surface area contributed by atoms with Gasteiger partial charge < -0.3 is 9.05 Å². The molecular formula is C23H33O3P. The van der Waals surface area contributed by atoms with Crippen molar-refractivity contribution < 1.29 is 13.6 Å². The van der Waals surface area contributed by atoms with Gasteiger partial charge in [-0.25, -0.2) is 0 Å². The summed E-state index contributed by atoms with van der Waals surface area (Å²) < 4.78 is 17.8. The maximum Gasteiger partial charge on any atom is 0.463 e. The standard InChI is InChI=1S/C23H33O3P/c1-2-3-4-5-6-7-8-9-16-21-24-27(25-22-17-12-10-13-18-22)26-23-19-14-11-15-20-23/h10-15,17-20H,2-9,16,21H2,1H3. The Morgan fingerprint density at radius 1 is 0.593 bits per heavy atom. The molecule has 0 heterocycles. The van der Waals surface area contributed by atoms with Crippen LogP contribution < -0.4 is 9.05 Å². The van der Waals surface area contributed by atoms with E-state index in [1.807, 2.05) is 60.7 Å². The lowest BCUT2D eigenvalue weighted by Gasteiger charge is -2.17. The van der Waals surface area contributed by atoms with Crippen LogP contribution in [0.25, 0.3) is 0 Å². The van der Waals surface area contributed by atoms with Gasteiger partial charge in [-0.15, -0.1) is 0 Å². The van der Waals surface area contributed by atoms with E-state index in [-0.39, 0.29) is 0 Å². The summed E-state index contributed by atoms with van der Waals surface area (Å²) in [5, 5.41) is 0. The zero-order chi connectivity index (χ0) is 19.0. The zero-order valence-corrected chi connectivity index (χ0v) is 17.4. The van der Waals surface area contributed by atoms with E-state index >= 15 is 0 Å². The van der Waals surface area contributed by atoms with Crippen LogP contribution in [0.3, 0.4) is 0 Å². The van der Waals surface area contributed by atoms with E-state index in [2.05, 4.69) is 6.92 Å². The summed E-state index contributed by atoms with van der Waals surface area (Å²) in [4.78, 5) is 0. The van der Waals surface area contributed by atoms with Gasteiger partial charge in [0.05, 0.1) is 6.61 Å². The van der Waals surface area contributed by atoms with Crippen molar-refractivity contribution >= 4 is 8.60 Å². The lowest BCUT2D eigenvalue weighted by Crippen LogP contribution is -2.01. The second-order valence-electron chi connectivity index (χ2n) is 6.69. The lowest BCUT2D eigenvalue weighted by molar-refractivity contribution is 0.258. The molecule has 0 unspecified atom stereocenters. The van der Waals surface area contributed by atoms with Crippen molar-refractivity contribution in [3.05, 3.63) is 60.7 Å². The molecule has 27 heavy (non-hydrogen) atoms. The van der Waals surface area contributed by atoms with E-state index in [1.165, 1.54) is 51.4 Å². The van der Waals surface area contributed by atoms with Gasteiger partial charge >= 0.3 is 8.60 Å². The first kappa shape index (κ1) is 21.7. The van der Waals surface area contributed by atoms with E-state index in [4.69, 9.17) is 13.6 Å². The molecule has 148 valence electrons. The Balaban J connectivity index is 1.66. The first-order chi connectivity index (χ1) is 13.4. The molecule has 3 nitrogen and oxygen atoms in total. The molecule has 2 aromatic carbocycles. The molecule has 0 radical (unpaired) electrons. The molecule has 0 saturated carbocycles. The molecular weight excluding hydrogens is 355 g/mol. The zero-order valence-electron chi connectivity index (χ0n) is 16.5. The molecule has 0 aliphatic heterocycles. The highest BCUT2D eigenvalue weighted by atomic mass is 31.2. The second kappa shape index (κ2) is 14.5. The smallest absolute Gasteiger partial charge is 0.418 e. The van der Waals surface area contributed by atoms with Gasteiger partial charge in [-0.3, -0.25) is 4.52 Å². The van der Waals surface area contributed by atoms with Crippen LogP contribution in [0.15, 0.2) is 60.7 Å². The first-order valence-electron chi connectivity index (χ1n) is 10.3. The lowest BCUT2D eigenvalue weighted by atomic mass is 10.1. The van der Waals surface area contributed by atoms with Gasteiger partial charge in [-0.2, -0.15) is 0 Å². The molecule has 0 saturated heterocycles. The Morgan fingerprint density at radius 3 is 1.52 bits per heavy atom. The summed E-state index contributed by atoms with van der Waals surface area (Å²) in [6.07, 6.45) is 11.7. The monoisotopic (exact) mass is 388 g/mol. The molecule has 0 aliphatic carbocycles. The maximum absolute atomic E-state index is 5.93. The van der Waals surface area contributed by atoms with Crippen molar-refractivity contribution in [2.75, 3.05) is 6.61 Å². The summed E-state index contributed by atoms with van der Waals surface area (Å²) in [6.45, 7) is 2.93. The summed E-state index contributed by atoms with van der Waals surface area (Å²) in [7, 11) is -1.45. The maximum atomic E-state index is 5.93. The predicted molar refractivity (Wildman–Crippen MR) is 114 cm³/mol. The highest BCUT2D eigenvalue weighted by Gasteiger charge is 2.16. The average molecular weight is 388 g/mol. The summed E-state index contributed by atoms with van der Waals surface area (Å²) in [5.74, 6) is 1.54. The molecule has 0 aliphatic rings. The number of para-hydroxylation sites is 2. The van der Waals surface area contributed by atoms with Crippen molar-refractivity contribution in [1.29, 1.82) is 0 Å². The number of benzene rings is 2. The molecule has 4 heteroatoms. The minimum Gasteiger partial charge on any atom is -0.418 e. The SMILES string of the molecule is CCCCCCCCCCCOP(Oc1ccccc1)Oc1ccccc1. The van der Waals surface area contributed by atoms with Crippen LogP contribution in [0.1, 0.15) is 64.7 Å². The van der Waals surface area contributed by atoms with Gasteiger partial charge in [-0.1, -0.05) is 94.7 Å². The fourth-order valence-electron chi connectivity index (χ4n) is 2.76. The van der Waals surface area contributed by atoms with E-state index in [1.54, 1.807) is 0 Å². The Labute approximate surface area is 166 Å². The van der Waals surface area contributed by atoms with Gasteiger partial charge in [0, 0.05) is 0 Å². The first-order valence-corrected chi connectivity index (χ1v) is 11.4. The minimum atomic E-state index is -1.45. The van der Waals surface area contributed by atoms with Crippen LogP contribution in [-0.2, 0) is 4.52 Å². The Hall–Kier alpha value is -1.57. The third-order valence-corrected chi connectivity index (χ3v) is 5.40. The Kier molecular flexibility index (Phi) is 11.7. The predicted octanol–water partition coefficient (Wildman–Crippen LogP) is 7.92. The largest absolute Gasteiger partial charge is 0.463 e. The molecule has 0 fully saturated rings. The molecule has 0 atom stereocenters. The number of hydrogen-bond acceptors (Lipinski definition) is 3. The molecule has 0 N–H and O–H groups in total. The van der Waals surface area contributed by atoms with E-state index < -0.39 is 8.60 Å². The summed E-state index contributed by atoms with van der Waals surface area (Å²) >= 11 is 0. The molecule has 0 amide bonds. The van der Waals surface area contributed by atoms with Crippen molar-refractivity contribution in [1.82, 2.24) is 0 Å². The molecule has 0 bridgehead atoms. The van der Waals surface area contributed by atoms with Crippen LogP contribution in [0.4, 0.5) is 0 Å². The molecule has 0 spiro atoms. The fraction of sp³-hybridized carbons (Fsp3) is 0.478. The Bertz CT molecular complexity index is 535. The fourth-order valence-corrected chi connectivity index (χ4v) is 3.77. The highest BCUT2D eigenvalue weighted by Crippen LogP contribution is 2.41. The Morgan fingerprint density at radius 2 is 1.04 bits per heavy atom. The molecule has 2 aromatic rings. The van der Waals surface area contributed by atoms with Gasteiger partial charge in [0.1, 0.15) is 11.5 Å². The average Bonchev–Trinajstić information content (AvgIpc) is 2.71. The van der Waals surface area contributed by atoms with Crippen molar-refractivity contribution in [2.24, 2.45) is 0 Å². The third kappa shape index (κ3) is 10.4. The van der Waals surface area contributed by atoms with Crippen LogP contribution in [0, 0.1) is 0 Å². The highest BCUT2D eigenvalue weighted by molar-refractivity contribution is 7.42. The minimum absolute atomic E-state index is 0.668. The quantitative estimate of drug-likeness (QED) is 0.229. The van der Waals surface area contributed by atoms with Crippen LogP contribution in [0.5, 0.6) is 11.5 Å². The van der Waals surface area contributed by atoms with E-state index in [0.717, 1.165) is 17.9 Å². The molecule has 2 rings (SSSR count). The van der Waals surface area contributed by atoms with Gasteiger partial charge in [0.25, 0.3) is 0 Å². The van der Waals surface area contributed by atoms with Crippen LogP contribution in [0.2, 0.25) is 0 Å². The van der Waals surface area contributed by atoms with E-state index in [0.29, 0.717) is 6.61 Å². The number of rotatable bonds is 15. The third-order valence-electron chi connectivity index (χ3n) is 4.29. The summed E-state index contributed by atoms with van der Waals surface area (Å²) in [5.41, 5.74) is 0. The van der Waals surface area contributed by atoms with Crippen molar-refractivity contribution in [3.63, 3.8) is 0 Å². The van der Waals surface area contributed by atoms with Crippen molar-refractivity contribution in [2.45, 2.75) is 64.7 Å². The topological polar surface area (TPSA) is 27.7 Å².